The van der Waals surface area contributed by atoms with Gasteiger partial charge in [0, 0.05) is 29.6 Å². The van der Waals surface area contributed by atoms with Crippen molar-refractivity contribution in [1.82, 2.24) is 9.29 Å². The van der Waals surface area contributed by atoms with E-state index in [0.29, 0.717) is 41.5 Å². The molecular formula is C26H31N3O3S2. The normalized spacial score (nSPS) is 19.3. The quantitative estimate of drug-likeness (QED) is 0.463. The van der Waals surface area contributed by atoms with E-state index in [1.807, 2.05) is 17.5 Å². The maximum atomic E-state index is 13.1. The fourth-order valence-corrected chi connectivity index (χ4v) is 6.80. The van der Waals surface area contributed by atoms with Gasteiger partial charge in [-0.1, -0.05) is 52.0 Å². The minimum Gasteiger partial charge on any atom is -0.298 e. The number of rotatable bonds is 6. The lowest BCUT2D eigenvalue weighted by Crippen LogP contribution is -2.42. The Bertz CT molecular complexity index is 1240. The van der Waals surface area contributed by atoms with Gasteiger partial charge in [-0.25, -0.2) is 13.4 Å². The first-order chi connectivity index (χ1) is 16.1. The van der Waals surface area contributed by atoms with Crippen molar-refractivity contribution < 1.29 is 13.2 Å². The molecule has 0 radical (unpaired) electrons. The van der Waals surface area contributed by atoms with E-state index < -0.39 is 10.0 Å². The Kier molecular flexibility index (Phi) is 7.21. The van der Waals surface area contributed by atoms with E-state index in [0.717, 1.165) is 17.7 Å². The minimum absolute atomic E-state index is 0.215. The van der Waals surface area contributed by atoms with Crippen LogP contribution in [0, 0.1) is 11.8 Å². The molecule has 1 saturated heterocycles. The van der Waals surface area contributed by atoms with Crippen molar-refractivity contribution in [2.75, 3.05) is 18.4 Å². The fourth-order valence-electron chi connectivity index (χ4n) is 4.40. The highest BCUT2D eigenvalue weighted by Crippen LogP contribution is 2.28. The molecule has 2 atom stereocenters. The number of benzene rings is 2. The van der Waals surface area contributed by atoms with Gasteiger partial charge in [-0.05, 0) is 54.0 Å². The lowest BCUT2D eigenvalue weighted by molar-refractivity contribution is 0.102. The molecule has 180 valence electrons. The summed E-state index contributed by atoms with van der Waals surface area (Å²) >= 11 is 1.36. The van der Waals surface area contributed by atoms with Gasteiger partial charge in [0.15, 0.2) is 5.13 Å². The Labute approximate surface area is 206 Å². The van der Waals surface area contributed by atoms with Crippen molar-refractivity contribution in [2.24, 2.45) is 11.8 Å². The smallest absolute Gasteiger partial charge is 0.257 e. The molecule has 34 heavy (non-hydrogen) atoms. The summed E-state index contributed by atoms with van der Waals surface area (Å²) in [4.78, 5) is 17.5. The highest BCUT2D eigenvalue weighted by Gasteiger charge is 2.31. The van der Waals surface area contributed by atoms with Gasteiger partial charge in [0.25, 0.3) is 5.91 Å². The molecule has 6 nitrogen and oxygen atoms in total. The molecular weight excluding hydrogens is 466 g/mol. The number of carbonyl (C=O) groups is 1. The molecule has 0 saturated carbocycles. The van der Waals surface area contributed by atoms with Crippen LogP contribution in [-0.2, 0) is 10.0 Å². The van der Waals surface area contributed by atoms with Crippen molar-refractivity contribution in [3.63, 3.8) is 0 Å². The van der Waals surface area contributed by atoms with Gasteiger partial charge in [-0.15, -0.1) is 11.3 Å². The maximum Gasteiger partial charge on any atom is 0.257 e. The zero-order chi connectivity index (χ0) is 24.5. The summed E-state index contributed by atoms with van der Waals surface area (Å²) in [5.74, 6) is 0.813. The first kappa shape index (κ1) is 24.6. The fraction of sp³-hybridized carbons (Fsp3) is 0.385. The number of sulfonamides is 1. The Balaban J connectivity index is 1.43. The van der Waals surface area contributed by atoms with E-state index in [1.54, 1.807) is 16.4 Å². The van der Waals surface area contributed by atoms with E-state index in [4.69, 9.17) is 0 Å². The Morgan fingerprint density at radius 3 is 2.24 bits per heavy atom. The highest BCUT2D eigenvalue weighted by atomic mass is 32.2. The number of amides is 1. The average Bonchev–Trinajstić information content (AvgIpc) is 3.27. The zero-order valence-corrected chi connectivity index (χ0v) is 21.6. The third-order valence-electron chi connectivity index (χ3n) is 6.19. The van der Waals surface area contributed by atoms with Gasteiger partial charge < -0.3 is 0 Å². The number of hydrogen-bond acceptors (Lipinski definition) is 5. The summed E-state index contributed by atoms with van der Waals surface area (Å²) in [6.45, 7) is 9.53. The summed E-state index contributed by atoms with van der Waals surface area (Å²) in [5, 5.41) is 5.23. The van der Waals surface area contributed by atoms with Crippen LogP contribution >= 0.6 is 11.3 Å². The van der Waals surface area contributed by atoms with Crippen LogP contribution in [0.1, 0.15) is 56.0 Å². The first-order valence-corrected chi connectivity index (χ1v) is 13.9. The third-order valence-corrected chi connectivity index (χ3v) is 8.79. The summed E-state index contributed by atoms with van der Waals surface area (Å²) in [5.41, 5.74) is 3.46. The molecule has 2 heterocycles. The van der Waals surface area contributed by atoms with Crippen LogP contribution in [0.25, 0.3) is 11.3 Å². The lowest BCUT2D eigenvalue weighted by atomic mass is 9.94. The van der Waals surface area contributed by atoms with Crippen LogP contribution in [0.15, 0.2) is 58.8 Å². The van der Waals surface area contributed by atoms with E-state index in [-0.39, 0.29) is 10.8 Å². The van der Waals surface area contributed by atoms with Crippen LogP contribution in [0.4, 0.5) is 5.13 Å². The molecule has 1 fully saturated rings. The van der Waals surface area contributed by atoms with Crippen LogP contribution in [0.3, 0.4) is 0 Å². The number of thiazole rings is 1. The second-order valence-electron chi connectivity index (χ2n) is 9.56. The summed E-state index contributed by atoms with van der Waals surface area (Å²) in [7, 11) is -3.57. The summed E-state index contributed by atoms with van der Waals surface area (Å²) < 4.78 is 27.7. The Hall–Kier alpha value is -2.55. The number of anilines is 1. The van der Waals surface area contributed by atoms with Crippen molar-refractivity contribution in [3.05, 3.63) is 65.0 Å². The predicted octanol–water partition coefficient (Wildman–Crippen LogP) is 5.85. The summed E-state index contributed by atoms with van der Waals surface area (Å²) in [6.07, 6.45) is 1.03. The third kappa shape index (κ3) is 5.40. The van der Waals surface area contributed by atoms with Gasteiger partial charge >= 0.3 is 0 Å². The SMILES string of the molecule is CC(C)c1ccc(-c2csc(NC(=O)c3ccc(S(=O)(=O)N4C[C@H](C)C[C@@H](C)C4)cc3)n2)cc1. The lowest BCUT2D eigenvalue weighted by Gasteiger charge is -2.34. The van der Waals surface area contributed by atoms with Gasteiger partial charge in [0.2, 0.25) is 10.0 Å². The molecule has 0 unspecified atom stereocenters. The number of nitrogens with zero attached hydrogens (tertiary/aromatic N) is 2. The number of nitrogens with one attached hydrogen (secondary N) is 1. The molecule has 8 heteroatoms. The summed E-state index contributed by atoms with van der Waals surface area (Å²) in [6, 6.07) is 14.4. The largest absolute Gasteiger partial charge is 0.298 e. The molecule has 1 aromatic heterocycles. The van der Waals surface area contributed by atoms with Crippen molar-refractivity contribution in [2.45, 2.75) is 44.9 Å². The number of piperidine rings is 1. The highest BCUT2D eigenvalue weighted by molar-refractivity contribution is 7.89. The van der Waals surface area contributed by atoms with E-state index in [9.17, 15) is 13.2 Å². The molecule has 1 aliphatic heterocycles. The first-order valence-electron chi connectivity index (χ1n) is 11.6. The van der Waals surface area contributed by atoms with E-state index in [1.165, 1.54) is 29.0 Å². The standard InChI is InChI=1S/C26H31N3O3S2/c1-17(2)20-5-7-21(8-6-20)24-16-33-26(27-24)28-25(30)22-9-11-23(12-10-22)34(31,32)29-14-18(3)13-19(4)15-29/h5-12,16-19H,13-15H2,1-4H3,(H,27,28,30)/t18-,19-/m1/s1. The number of carbonyl (C=O) groups excluding carboxylic acids is 1. The van der Waals surface area contributed by atoms with Crippen molar-refractivity contribution >= 4 is 32.4 Å². The molecule has 1 N–H and O–H groups in total. The van der Waals surface area contributed by atoms with Crippen LogP contribution < -0.4 is 5.32 Å². The zero-order valence-electron chi connectivity index (χ0n) is 20.0. The van der Waals surface area contributed by atoms with Crippen LogP contribution in [-0.4, -0.2) is 36.7 Å². The second-order valence-corrected chi connectivity index (χ2v) is 12.4. The molecule has 0 aliphatic carbocycles. The minimum atomic E-state index is -3.57. The van der Waals surface area contributed by atoms with Gasteiger partial charge in [0.05, 0.1) is 10.6 Å². The molecule has 3 aromatic rings. The van der Waals surface area contributed by atoms with Crippen LogP contribution in [0.2, 0.25) is 0 Å². The average molecular weight is 498 g/mol. The molecule has 1 aliphatic rings. The van der Waals surface area contributed by atoms with E-state index in [2.05, 4.69) is 50.1 Å². The van der Waals surface area contributed by atoms with Gasteiger partial charge in [-0.2, -0.15) is 4.31 Å². The molecule has 4 rings (SSSR count). The topological polar surface area (TPSA) is 79.4 Å². The second kappa shape index (κ2) is 9.98. The van der Waals surface area contributed by atoms with Crippen molar-refractivity contribution in [1.29, 1.82) is 0 Å². The van der Waals surface area contributed by atoms with Crippen molar-refractivity contribution in [3.8, 4) is 11.3 Å². The molecule has 0 spiro atoms. The monoisotopic (exact) mass is 497 g/mol. The Morgan fingerprint density at radius 2 is 1.65 bits per heavy atom. The molecule has 2 aromatic carbocycles. The van der Waals surface area contributed by atoms with Gasteiger partial charge in [-0.3, -0.25) is 10.1 Å². The Morgan fingerprint density at radius 1 is 1.03 bits per heavy atom. The van der Waals surface area contributed by atoms with Gasteiger partial charge in [0.1, 0.15) is 0 Å². The van der Waals surface area contributed by atoms with Crippen LogP contribution in [0.5, 0.6) is 0 Å². The van der Waals surface area contributed by atoms with E-state index >= 15 is 0 Å². The number of hydrogen-bond donors (Lipinski definition) is 1. The predicted molar refractivity (Wildman–Crippen MR) is 138 cm³/mol. The maximum absolute atomic E-state index is 13.1. The molecule has 1 amide bonds. The number of aromatic nitrogens is 1. The molecule has 0 bridgehead atoms.